The van der Waals surface area contributed by atoms with Crippen LogP contribution in [0.3, 0.4) is 0 Å². The molecule has 0 aliphatic heterocycles. The Bertz CT molecular complexity index is 86.0. The third-order valence-corrected chi connectivity index (χ3v) is 6.03. The van der Waals surface area contributed by atoms with E-state index in [0.717, 1.165) is 0 Å². The fourth-order valence-corrected chi connectivity index (χ4v) is 0.463. The number of alkyl halides is 4. The van der Waals surface area contributed by atoms with Crippen LogP contribution >= 0.6 is 63.7 Å². The normalized spacial score (nSPS) is 12.1. The zero-order chi connectivity index (χ0) is 6.78. The molecule has 0 aliphatic carbocycles. The van der Waals surface area contributed by atoms with Gasteiger partial charge in [0.25, 0.3) is 0 Å². The Hall–Kier alpha value is 1.66. The molecule has 0 aromatic carbocycles. The topological polar surface area (TPSA) is 0 Å². The molecular weight excluding hydrogens is 368 g/mol. The summed E-state index contributed by atoms with van der Waals surface area (Å²) in [5, 5.41) is 0. The molecule has 0 bridgehead atoms. The molecule has 0 aliphatic rings. The van der Waals surface area contributed by atoms with E-state index in [2.05, 4.69) is 70.3 Å². The average molecular weight is 372 g/mol. The Morgan fingerprint density at radius 1 is 1.38 bits per heavy atom. The maximum atomic E-state index is 3.60. The van der Waals surface area contributed by atoms with Gasteiger partial charge >= 0.3 is 0 Å². The number of rotatable bonds is 2. The molecule has 0 spiro atoms. The second kappa shape index (κ2) is 3.74. The summed E-state index contributed by atoms with van der Waals surface area (Å²) in [7, 11) is 0. The molecule has 0 nitrogen and oxygen atoms in total. The molecule has 0 saturated heterocycles. The van der Waals surface area contributed by atoms with Gasteiger partial charge in [-0.05, 0) is 0 Å². The minimum atomic E-state index is -0.236. The van der Waals surface area contributed by atoms with Crippen LogP contribution in [0.2, 0.25) is 0 Å². The molecule has 48 valence electrons. The van der Waals surface area contributed by atoms with Crippen LogP contribution < -0.4 is 0 Å². The molecule has 0 unspecified atom stereocenters. The highest BCUT2D eigenvalue weighted by molar-refractivity contribution is 9.30. The average Bonchev–Trinajstić information content (AvgIpc) is 1.67. The summed E-state index contributed by atoms with van der Waals surface area (Å²) in [5.41, 5.74) is 0. The first-order chi connectivity index (χ1) is 3.50. The van der Waals surface area contributed by atoms with Gasteiger partial charge in [-0.25, -0.2) is 0 Å². The van der Waals surface area contributed by atoms with Gasteiger partial charge in [0.05, 0.1) is 3.74 Å². The lowest BCUT2D eigenvalue weighted by atomic mass is 10.5. The van der Waals surface area contributed by atoms with Gasteiger partial charge in [-0.3, -0.25) is 0 Å². The van der Waals surface area contributed by atoms with Gasteiger partial charge in [-0.15, -0.1) is 6.58 Å². The van der Waals surface area contributed by atoms with Crippen molar-refractivity contribution in [2.75, 3.05) is 0 Å². The highest BCUT2D eigenvalue weighted by atomic mass is 79.9. The fourth-order valence-electron chi connectivity index (χ4n) is 0.0891. The minimum absolute atomic E-state index is 0.153. The molecule has 0 rings (SSSR count). The summed E-state index contributed by atoms with van der Waals surface area (Å²) < 4.78 is -0.0833. The van der Waals surface area contributed by atoms with Crippen molar-refractivity contribution in [2.45, 2.75) is 6.97 Å². The van der Waals surface area contributed by atoms with E-state index >= 15 is 0 Å². The maximum Gasteiger partial charge on any atom is 0.120 e. The predicted octanol–water partition coefficient (Wildman–Crippen LogP) is 3.77. The van der Waals surface area contributed by atoms with Crippen LogP contribution in [0.15, 0.2) is 12.7 Å². The summed E-state index contributed by atoms with van der Waals surface area (Å²) in [6.07, 6.45) is 1.75. The van der Waals surface area contributed by atoms with Crippen LogP contribution in [0.1, 0.15) is 0 Å². The van der Waals surface area contributed by atoms with Crippen molar-refractivity contribution < 1.29 is 0 Å². The number of allylic oxidation sites excluding steroid dienone is 1. The molecule has 8 heavy (non-hydrogen) atoms. The van der Waals surface area contributed by atoms with Gasteiger partial charge in [0, 0.05) is 0 Å². The molecule has 4 heteroatoms. The molecule has 0 aromatic heterocycles. The van der Waals surface area contributed by atoms with Crippen molar-refractivity contribution in [2.24, 2.45) is 0 Å². The molecular formula is C4H4Br4. The van der Waals surface area contributed by atoms with Crippen molar-refractivity contribution in [3.05, 3.63) is 12.7 Å². The highest BCUT2D eigenvalue weighted by Crippen LogP contribution is 2.38. The quantitative estimate of drug-likeness (QED) is 0.512. The minimum Gasteiger partial charge on any atom is -0.101 e. The van der Waals surface area contributed by atoms with Crippen molar-refractivity contribution >= 4 is 63.7 Å². The van der Waals surface area contributed by atoms with Crippen LogP contribution in [-0.2, 0) is 0 Å². The summed E-state index contributed by atoms with van der Waals surface area (Å²) in [6.45, 7) is 3.60. The van der Waals surface area contributed by atoms with Crippen LogP contribution in [0.25, 0.3) is 0 Å². The number of halogens is 4. The Labute approximate surface area is 82.6 Å². The van der Waals surface area contributed by atoms with E-state index in [-0.39, 0.29) is 6.97 Å². The van der Waals surface area contributed by atoms with E-state index in [4.69, 9.17) is 0 Å². The van der Waals surface area contributed by atoms with Gasteiger partial charge in [-0.2, -0.15) is 0 Å². The molecule has 0 atom stereocenters. The molecule has 0 amide bonds. The van der Waals surface area contributed by atoms with Gasteiger partial charge in [-0.1, -0.05) is 69.8 Å². The first-order valence-electron chi connectivity index (χ1n) is 1.80. The lowest BCUT2D eigenvalue weighted by molar-refractivity contribution is 1.21. The van der Waals surface area contributed by atoms with E-state index in [1.54, 1.807) is 6.08 Å². The molecule has 0 N–H and O–H groups in total. The largest absolute Gasteiger partial charge is 0.120 e. The molecule has 0 aromatic rings. The Morgan fingerprint density at radius 2 is 1.75 bits per heavy atom. The highest BCUT2D eigenvalue weighted by Gasteiger charge is 2.25. The van der Waals surface area contributed by atoms with Crippen molar-refractivity contribution in [1.29, 1.82) is 0 Å². The molecule has 0 heterocycles. The standard InChI is InChI=1S/C4H4Br4/c1-2-4(7,8)3(5)6/h2-3H,1H2. The summed E-state index contributed by atoms with van der Waals surface area (Å²) in [6, 6.07) is 0. The van der Waals surface area contributed by atoms with E-state index < -0.39 is 0 Å². The van der Waals surface area contributed by atoms with Crippen LogP contribution in [0.4, 0.5) is 0 Å². The zero-order valence-corrected chi connectivity index (χ0v) is 10.2. The summed E-state index contributed by atoms with van der Waals surface area (Å²) in [5.74, 6) is 0. The summed E-state index contributed by atoms with van der Waals surface area (Å²) >= 11 is 13.3. The monoisotopic (exact) mass is 368 g/mol. The van der Waals surface area contributed by atoms with E-state index in [0.29, 0.717) is 0 Å². The van der Waals surface area contributed by atoms with Crippen molar-refractivity contribution in [3.63, 3.8) is 0 Å². The van der Waals surface area contributed by atoms with Crippen molar-refractivity contribution in [1.82, 2.24) is 0 Å². The van der Waals surface area contributed by atoms with E-state index in [1.807, 2.05) is 0 Å². The van der Waals surface area contributed by atoms with Crippen molar-refractivity contribution in [3.8, 4) is 0 Å². The molecule has 0 saturated carbocycles. The zero-order valence-electron chi connectivity index (χ0n) is 3.87. The molecule has 0 radical (unpaired) electrons. The fraction of sp³-hybridized carbons (Fsp3) is 0.500. The number of hydrogen-bond donors (Lipinski definition) is 0. The smallest absolute Gasteiger partial charge is 0.101 e. The van der Waals surface area contributed by atoms with Gasteiger partial charge < -0.3 is 0 Å². The Morgan fingerprint density at radius 3 is 1.75 bits per heavy atom. The lowest BCUT2D eigenvalue weighted by Gasteiger charge is -2.15. The summed E-state index contributed by atoms with van der Waals surface area (Å²) in [4.78, 5) is 0. The van der Waals surface area contributed by atoms with Gasteiger partial charge in [0.2, 0.25) is 0 Å². The van der Waals surface area contributed by atoms with Crippen LogP contribution in [0, 0.1) is 0 Å². The van der Waals surface area contributed by atoms with Gasteiger partial charge in [0.1, 0.15) is 3.23 Å². The van der Waals surface area contributed by atoms with Gasteiger partial charge in [0.15, 0.2) is 0 Å². The Balaban J connectivity index is 3.90. The van der Waals surface area contributed by atoms with E-state index in [9.17, 15) is 0 Å². The SMILES string of the molecule is C=CC(Br)(Br)C(Br)Br. The Kier molecular flexibility index (Phi) is 4.51. The first kappa shape index (κ1) is 9.66. The van der Waals surface area contributed by atoms with Crippen LogP contribution in [-0.4, -0.2) is 6.97 Å². The predicted molar refractivity (Wildman–Crippen MR) is 52.4 cm³/mol. The van der Waals surface area contributed by atoms with E-state index in [1.165, 1.54) is 0 Å². The maximum absolute atomic E-state index is 3.60. The van der Waals surface area contributed by atoms with Crippen LogP contribution in [0.5, 0.6) is 0 Å². The molecule has 0 fully saturated rings. The first-order valence-corrected chi connectivity index (χ1v) is 5.22. The third kappa shape index (κ3) is 2.99. The third-order valence-electron chi connectivity index (χ3n) is 0.563. The second-order valence-electron chi connectivity index (χ2n) is 1.18. The lowest BCUT2D eigenvalue weighted by Crippen LogP contribution is -2.14. The number of hydrogen-bond acceptors (Lipinski definition) is 0. The second-order valence-corrected chi connectivity index (χ2v) is 7.93.